The number of hydrogen-bond acceptors (Lipinski definition) is 5. The molecule has 1 heterocycles. The Morgan fingerprint density at radius 1 is 1.50 bits per heavy atom. The van der Waals surface area contributed by atoms with E-state index in [1.54, 1.807) is 0 Å². The van der Waals surface area contributed by atoms with Crippen molar-refractivity contribution >= 4 is 11.9 Å². The number of nitrogens with one attached hydrogen (secondary N) is 1. The maximum atomic E-state index is 11.3. The first kappa shape index (κ1) is 12.1. The Kier molecular flexibility index (Phi) is 4.40. The van der Waals surface area contributed by atoms with Crippen molar-refractivity contribution in [3.05, 3.63) is 12.7 Å². The van der Waals surface area contributed by atoms with Gasteiger partial charge in [-0.25, -0.2) is 9.78 Å². The third-order valence-electron chi connectivity index (χ3n) is 1.85. The molecule has 8 heteroatoms. The van der Waals surface area contributed by atoms with Gasteiger partial charge >= 0.3 is 5.97 Å². The van der Waals surface area contributed by atoms with Crippen LogP contribution in [0, 0.1) is 0 Å². The summed E-state index contributed by atoms with van der Waals surface area (Å²) < 4.78 is 1.45. The van der Waals surface area contributed by atoms with Gasteiger partial charge in [0, 0.05) is 6.42 Å². The van der Waals surface area contributed by atoms with Gasteiger partial charge in [-0.1, -0.05) is 0 Å². The minimum atomic E-state index is -1.27. The number of aryl methyl sites for hydroxylation is 1. The molecule has 1 aromatic rings. The van der Waals surface area contributed by atoms with Gasteiger partial charge in [-0.15, -0.1) is 0 Å². The minimum absolute atomic E-state index is 0.0765. The van der Waals surface area contributed by atoms with Crippen molar-refractivity contribution in [1.29, 1.82) is 0 Å². The minimum Gasteiger partial charge on any atom is -0.480 e. The molecule has 0 aliphatic rings. The van der Waals surface area contributed by atoms with Gasteiger partial charge in [-0.05, 0) is 0 Å². The number of aromatic nitrogens is 3. The fraction of sp³-hybridized carbons (Fsp3) is 0.500. The molecule has 0 aromatic carbocycles. The van der Waals surface area contributed by atoms with E-state index in [9.17, 15) is 9.59 Å². The predicted octanol–water partition coefficient (Wildman–Crippen LogP) is -1.77. The smallest absolute Gasteiger partial charge is 0.328 e. The van der Waals surface area contributed by atoms with E-state index in [0.29, 0.717) is 6.54 Å². The quantitative estimate of drug-likeness (QED) is 0.530. The van der Waals surface area contributed by atoms with Crippen molar-refractivity contribution in [2.24, 2.45) is 0 Å². The number of carbonyl (C=O) groups excluding carboxylic acids is 1. The van der Waals surface area contributed by atoms with E-state index in [4.69, 9.17) is 10.2 Å². The van der Waals surface area contributed by atoms with E-state index in [1.165, 1.54) is 17.3 Å². The van der Waals surface area contributed by atoms with Crippen LogP contribution >= 0.6 is 0 Å². The van der Waals surface area contributed by atoms with Crippen LogP contribution in [0.25, 0.3) is 0 Å². The summed E-state index contributed by atoms with van der Waals surface area (Å²) in [5.41, 5.74) is 0. The Morgan fingerprint density at radius 3 is 2.75 bits per heavy atom. The number of hydrogen-bond donors (Lipinski definition) is 3. The normalized spacial score (nSPS) is 12.1. The van der Waals surface area contributed by atoms with E-state index in [-0.39, 0.29) is 6.42 Å². The topological polar surface area (TPSA) is 117 Å². The molecule has 0 saturated carbocycles. The highest BCUT2D eigenvalue weighted by Crippen LogP contribution is 1.90. The van der Waals surface area contributed by atoms with Crippen LogP contribution in [0.4, 0.5) is 0 Å². The zero-order valence-corrected chi connectivity index (χ0v) is 8.41. The van der Waals surface area contributed by atoms with E-state index < -0.39 is 24.5 Å². The van der Waals surface area contributed by atoms with Crippen LogP contribution in [-0.4, -0.2) is 49.5 Å². The standard InChI is InChI=1S/C8H12N4O4/c13-3-6(8(15)16)11-7(14)1-2-12-5-9-4-10-12/h4-6,13H,1-3H2,(H,11,14)(H,15,16). The first-order valence-electron chi connectivity index (χ1n) is 4.59. The lowest BCUT2D eigenvalue weighted by Gasteiger charge is -2.11. The number of aliphatic hydroxyl groups excluding tert-OH is 1. The van der Waals surface area contributed by atoms with Crippen LogP contribution in [0.5, 0.6) is 0 Å². The second-order valence-corrected chi connectivity index (χ2v) is 3.05. The molecule has 0 aliphatic heterocycles. The van der Waals surface area contributed by atoms with Gasteiger partial charge in [-0.2, -0.15) is 5.10 Å². The molecule has 0 aliphatic carbocycles. The predicted molar refractivity (Wildman–Crippen MR) is 51.3 cm³/mol. The largest absolute Gasteiger partial charge is 0.480 e. The van der Waals surface area contributed by atoms with Crippen LogP contribution in [0.3, 0.4) is 0 Å². The van der Waals surface area contributed by atoms with Crippen molar-refractivity contribution in [3.8, 4) is 0 Å². The average Bonchev–Trinajstić information content (AvgIpc) is 2.75. The molecule has 1 rings (SSSR count). The van der Waals surface area contributed by atoms with E-state index >= 15 is 0 Å². The van der Waals surface area contributed by atoms with Gasteiger partial charge in [0.2, 0.25) is 5.91 Å². The van der Waals surface area contributed by atoms with E-state index in [2.05, 4.69) is 15.4 Å². The molecule has 1 atom stereocenters. The molecule has 3 N–H and O–H groups in total. The number of carbonyl (C=O) groups is 2. The van der Waals surface area contributed by atoms with Gasteiger partial charge in [0.15, 0.2) is 0 Å². The first-order valence-corrected chi connectivity index (χ1v) is 4.59. The summed E-state index contributed by atoms with van der Waals surface area (Å²) >= 11 is 0. The lowest BCUT2D eigenvalue weighted by molar-refractivity contribution is -0.143. The van der Waals surface area contributed by atoms with E-state index in [0.717, 1.165) is 0 Å². The third-order valence-corrected chi connectivity index (χ3v) is 1.85. The monoisotopic (exact) mass is 228 g/mol. The van der Waals surface area contributed by atoms with Gasteiger partial charge < -0.3 is 15.5 Å². The van der Waals surface area contributed by atoms with Gasteiger partial charge in [0.05, 0.1) is 13.2 Å². The summed E-state index contributed by atoms with van der Waals surface area (Å²) in [6.07, 6.45) is 2.87. The van der Waals surface area contributed by atoms with Crippen molar-refractivity contribution in [3.63, 3.8) is 0 Å². The molecule has 1 unspecified atom stereocenters. The van der Waals surface area contributed by atoms with Crippen LogP contribution in [0.2, 0.25) is 0 Å². The highest BCUT2D eigenvalue weighted by molar-refractivity contribution is 5.83. The fourth-order valence-electron chi connectivity index (χ4n) is 1.02. The number of carboxylic acids is 1. The number of carboxylic acid groups (broad SMARTS) is 1. The zero-order valence-electron chi connectivity index (χ0n) is 8.41. The fourth-order valence-corrected chi connectivity index (χ4v) is 1.02. The molecule has 0 radical (unpaired) electrons. The highest BCUT2D eigenvalue weighted by atomic mass is 16.4. The van der Waals surface area contributed by atoms with Crippen molar-refractivity contribution in [2.45, 2.75) is 19.0 Å². The molecule has 0 saturated heterocycles. The average molecular weight is 228 g/mol. The molecule has 0 spiro atoms. The number of aliphatic carboxylic acids is 1. The molecule has 8 nitrogen and oxygen atoms in total. The van der Waals surface area contributed by atoms with Gasteiger partial charge in [-0.3, -0.25) is 9.48 Å². The van der Waals surface area contributed by atoms with E-state index in [1.807, 2.05) is 0 Å². The molecule has 1 amide bonds. The zero-order chi connectivity index (χ0) is 12.0. The number of aliphatic hydroxyl groups is 1. The van der Waals surface area contributed by atoms with Crippen LogP contribution < -0.4 is 5.32 Å². The summed E-state index contributed by atoms with van der Waals surface area (Å²) in [6.45, 7) is -0.325. The second-order valence-electron chi connectivity index (χ2n) is 3.05. The number of rotatable bonds is 6. The van der Waals surface area contributed by atoms with Gasteiger partial charge in [0.25, 0.3) is 0 Å². The Morgan fingerprint density at radius 2 is 2.25 bits per heavy atom. The maximum Gasteiger partial charge on any atom is 0.328 e. The van der Waals surface area contributed by atoms with Crippen LogP contribution in [0.15, 0.2) is 12.7 Å². The number of amides is 1. The molecule has 16 heavy (non-hydrogen) atoms. The van der Waals surface area contributed by atoms with Crippen molar-refractivity contribution in [1.82, 2.24) is 20.1 Å². The molecule has 0 bridgehead atoms. The molecular weight excluding hydrogens is 216 g/mol. The summed E-state index contributed by atoms with van der Waals surface area (Å²) in [4.78, 5) is 25.5. The third kappa shape index (κ3) is 3.65. The Bertz CT molecular complexity index is 351. The lowest BCUT2D eigenvalue weighted by Crippen LogP contribution is -2.43. The molecular formula is C8H12N4O4. The molecule has 88 valence electrons. The Labute approximate surface area is 90.9 Å². The van der Waals surface area contributed by atoms with Gasteiger partial charge in [0.1, 0.15) is 18.7 Å². The van der Waals surface area contributed by atoms with Crippen molar-refractivity contribution in [2.75, 3.05) is 6.61 Å². The lowest BCUT2D eigenvalue weighted by atomic mass is 10.3. The Balaban J connectivity index is 2.33. The molecule has 1 aromatic heterocycles. The van der Waals surface area contributed by atoms with Crippen molar-refractivity contribution < 1.29 is 19.8 Å². The first-order chi connectivity index (χ1) is 7.63. The van der Waals surface area contributed by atoms with Crippen LogP contribution in [-0.2, 0) is 16.1 Å². The summed E-state index contributed by atoms with van der Waals surface area (Å²) in [7, 11) is 0. The molecule has 0 fully saturated rings. The Hall–Kier alpha value is -1.96. The summed E-state index contributed by atoms with van der Waals surface area (Å²) in [6, 6.07) is -1.26. The summed E-state index contributed by atoms with van der Waals surface area (Å²) in [5, 5.41) is 23.2. The second kappa shape index (κ2) is 5.81. The maximum absolute atomic E-state index is 11.3. The number of nitrogens with zero attached hydrogens (tertiary/aromatic N) is 3. The highest BCUT2D eigenvalue weighted by Gasteiger charge is 2.18. The SMILES string of the molecule is O=C(CCn1cncn1)NC(CO)C(=O)O. The van der Waals surface area contributed by atoms with Crippen LogP contribution in [0.1, 0.15) is 6.42 Å². The summed E-state index contributed by atoms with van der Waals surface area (Å²) in [5.74, 6) is -1.73.